The Hall–Kier alpha value is -2.68. The highest BCUT2D eigenvalue weighted by Gasteiger charge is 2.15. The van der Waals surface area contributed by atoms with Crippen LogP contribution in [0.15, 0.2) is 35.3 Å². The second-order valence-corrected chi connectivity index (χ2v) is 8.39. The van der Waals surface area contributed by atoms with E-state index in [0.29, 0.717) is 31.2 Å². The van der Waals surface area contributed by atoms with Gasteiger partial charge in [0.05, 0.1) is 36.4 Å². The lowest BCUT2D eigenvalue weighted by Crippen LogP contribution is -2.32. The fourth-order valence-corrected chi connectivity index (χ4v) is 3.84. The molecule has 0 radical (unpaired) electrons. The van der Waals surface area contributed by atoms with Crippen LogP contribution in [0, 0.1) is 13.8 Å². The monoisotopic (exact) mass is 476 g/mol. The topological polar surface area (TPSA) is 93.8 Å². The summed E-state index contributed by atoms with van der Waals surface area (Å²) in [6.07, 6.45) is 1.26. The number of aromatic nitrogens is 4. The number of carbonyl (C=O) groups is 1. The molecule has 0 unspecified atom stereocenters. The summed E-state index contributed by atoms with van der Waals surface area (Å²) in [7, 11) is 1.85. The average molecular weight is 477 g/mol. The Labute approximate surface area is 196 Å². The van der Waals surface area contributed by atoms with Crippen molar-refractivity contribution in [1.82, 2.24) is 30.2 Å². The number of halogens is 2. The molecular formula is C22H26Cl2N6O2. The van der Waals surface area contributed by atoms with Gasteiger partial charge in [-0.15, -0.1) is 0 Å². The van der Waals surface area contributed by atoms with E-state index in [4.69, 9.17) is 23.2 Å². The van der Waals surface area contributed by atoms with E-state index >= 15 is 0 Å². The summed E-state index contributed by atoms with van der Waals surface area (Å²) in [5, 5.41) is 15.2. The Morgan fingerprint density at radius 2 is 1.81 bits per heavy atom. The first kappa shape index (κ1) is 24.0. The van der Waals surface area contributed by atoms with E-state index in [1.807, 2.05) is 49.8 Å². The molecule has 1 amide bonds. The third kappa shape index (κ3) is 5.97. The van der Waals surface area contributed by atoms with Crippen molar-refractivity contribution in [2.45, 2.75) is 46.4 Å². The van der Waals surface area contributed by atoms with Crippen LogP contribution in [0.2, 0.25) is 10.0 Å². The minimum Gasteiger partial charge on any atom is -0.352 e. The highest BCUT2D eigenvalue weighted by Crippen LogP contribution is 2.16. The van der Waals surface area contributed by atoms with Gasteiger partial charge in [-0.2, -0.15) is 10.2 Å². The summed E-state index contributed by atoms with van der Waals surface area (Å²) in [5.74, 6) is -0.310. The first-order valence-corrected chi connectivity index (χ1v) is 11.0. The first-order valence-electron chi connectivity index (χ1n) is 10.2. The lowest BCUT2D eigenvalue weighted by molar-refractivity contribution is -0.120. The van der Waals surface area contributed by atoms with Crippen molar-refractivity contribution in [1.29, 1.82) is 0 Å². The van der Waals surface area contributed by atoms with E-state index in [0.717, 1.165) is 22.5 Å². The number of carbonyl (C=O) groups excluding carboxylic acids is 1. The van der Waals surface area contributed by atoms with Crippen molar-refractivity contribution < 1.29 is 4.79 Å². The van der Waals surface area contributed by atoms with Crippen LogP contribution in [0.4, 0.5) is 0 Å². The summed E-state index contributed by atoms with van der Waals surface area (Å²) in [4.78, 5) is 25.5. The third-order valence-electron chi connectivity index (χ3n) is 5.07. The second kappa shape index (κ2) is 10.8. The van der Waals surface area contributed by atoms with Gasteiger partial charge in [0.2, 0.25) is 5.91 Å². The van der Waals surface area contributed by atoms with Crippen LogP contribution in [0.3, 0.4) is 0 Å². The number of hydrogen-bond donors (Lipinski definition) is 2. The van der Waals surface area contributed by atoms with Gasteiger partial charge in [-0.1, -0.05) is 29.3 Å². The number of benzene rings is 1. The van der Waals surface area contributed by atoms with Crippen LogP contribution in [0.1, 0.15) is 28.1 Å². The minimum atomic E-state index is -0.382. The highest BCUT2D eigenvalue weighted by molar-refractivity contribution is 6.31. The summed E-state index contributed by atoms with van der Waals surface area (Å²) in [5.41, 5.74) is 3.69. The van der Waals surface area contributed by atoms with Crippen molar-refractivity contribution in [2.24, 2.45) is 0 Å². The second-order valence-electron chi connectivity index (χ2n) is 7.55. The molecule has 0 fully saturated rings. The normalized spacial score (nSPS) is 11.0. The van der Waals surface area contributed by atoms with Gasteiger partial charge in [-0.05, 0) is 50.2 Å². The molecule has 32 heavy (non-hydrogen) atoms. The van der Waals surface area contributed by atoms with Gasteiger partial charge in [0.15, 0.2) is 0 Å². The van der Waals surface area contributed by atoms with E-state index in [-0.39, 0.29) is 28.5 Å². The Morgan fingerprint density at radius 1 is 1.06 bits per heavy atom. The lowest BCUT2D eigenvalue weighted by atomic mass is 10.1. The van der Waals surface area contributed by atoms with Crippen molar-refractivity contribution in [3.05, 3.63) is 78.9 Å². The van der Waals surface area contributed by atoms with Gasteiger partial charge in [0.25, 0.3) is 5.56 Å². The highest BCUT2D eigenvalue weighted by atomic mass is 35.5. The van der Waals surface area contributed by atoms with Crippen LogP contribution in [0.5, 0.6) is 0 Å². The molecule has 1 aromatic carbocycles. The molecular weight excluding hydrogens is 451 g/mol. The van der Waals surface area contributed by atoms with E-state index < -0.39 is 0 Å². The van der Waals surface area contributed by atoms with Gasteiger partial charge in [0, 0.05) is 29.4 Å². The molecule has 2 aromatic heterocycles. The number of amides is 1. The molecule has 0 atom stereocenters. The minimum absolute atomic E-state index is 0.137. The van der Waals surface area contributed by atoms with Crippen molar-refractivity contribution in [3.8, 4) is 0 Å². The average Bonchev–Trinajstić information content (AvgIpc) is 3.07. The predicted octanol–water partition coefficient (Wildman–Crippen LogP) is 2.64. The Balaban J connectivity index is 1.68. The quantitative estimate of drug-likeness (QED) is 0.494. The number of nitrogens with zero attached hydrogens (tertiary/aromatic N) is 4. The maximum atomic E-state index is 12.9. The van der Waals surface area contributed by atoms with Gasteiger partial charge >= 0.3 is 0 Å². The van der Waals surface area contributed by atoms with Gasteiger partial charge in [-0.3, -0.25) is 14.3 Å². The largest absolute Gasteiger partial charge is 0.352 e. The molecule has 0 bridgehead atoms. The zero-order valence-corrected chi connectivity index (χ0v) is 19.8. The van der Waals surface area contributed by atoms with Crippen LogP contribution < -0.4 is 16.2 Å². The number of hydrogen-bond acceptors (Lipinski definition) is 5. The van der Waals surface area contributed by atoms with Crippen LogP contribution in [-0.4, -0.2) is 32.5 Å². The molecule has 3 aromatic rings. The smallest absolute Gasteiger partial charge is 0.272 e. The zero-order chi connectivity index (χ0) is 23.3. The van der Waals surface area contributed by atoms with Crippen LogP contribution >= 0.6 is 23.2 Å². The Kier molecular flexibility index (Phi) is 8.06. The lowest BCUT2D eigenvalue weighted by Gasteiger charge is -2.12. The molecule has 0 spiro atoms. The Bertz CT molecular complexity index is 1170. The van der Waals surface area contributed by atoms with Crippen molar-refractivity contribution in [3.63, 3.8) is 0 Å². The molecule has 0 saturated heterocycles. The molecule has 0 aliphatic heterocycles. The summed E-state index contributed by atoms with van der Waals surface area (Å²) in [6, 6.07) is 7.52. The SMILES string of the molecule is CNCc1ccc(Cl)cc1CNC(=O)Cc1c(Cl)cnn(CCn2nc(C)cc2C)c1=O. The standard InChI is InChI=1S/C22H26Cl2N6O2/c1-14-8-15(2)29(28-14)6-7-30-22(32)19(20(24)13-27-30)10-21(31)26-12-17-9-18(23)5-4-16(17)11-25-3/h4-5,8-9,13,25H,6-7,10-12H2,1-3H3,(H,26,31). The molecule has 0 aliphatic carbocycles. The molecule has 2 N–H and O–H groups in total. The predicted molar refractivity (Wildman–Crippen MR) is 125 cm³/mol. The van der Waals surface area contributed by atoms with Crippen molar-refractivity contribution >= 4 is 29.1 Å². The van der Waals surface area contributed by atoms with E-state index in [2.05, 4.69) is 20.8 Å². The van der Waals surface area contributed by atoms with Crippen molar-refractivity contribution in [2.75, 3.05) is 7.05 Å². The number of aryl methyl sites for hydroxylation is 4. The Morgan fingerprint density at radius 3 is 2.50 bits per heavy atom. The molecule has 0 saturated carbocycles. The fourth-order valence-electron chi connectivity index (χ4n) is 3.46. The number of nitrogens with one attached hydrogen (secondary N) is 2. The molecule has 8 nitrogen and oxygen atoms in total. The summed E-state index contributed by atoms with van der Waals surface area (Å²) >= 11 is 12.3. The van der Waals surface area contributed by atoms with Gasteiger partial charge < -0.3 is 10.6 Å². The zero-order valence-electron chi connectivity index (χ0n) is 18.3. The van der Waals surface area contributed by atoms with Gasteiger partial charge in [0.1, 0.15) is 0 Å². The van der Waals surface area contributed by atoms with Gasteiger partial charge in [-0.25, -0.2) is 4.68 Å². The summed E-state index contributed by atoms with van der Waals surface area (Å²) < 4.78 is 3.13. The molecule has 3 rings (SSSR count). The van der Waals surface area contributed by atoms with E-state index in [1.165, 1.54) is 10.9 Å². The van der Waals surface area contributed by atoms with Crippen LogP contribution in [0.25, 0.3) is 0 Å². The van der Waals surface area contributed by atoms with Crippen LogP contribution in [-0.2, 0) is 37.4 Å². The molecule has 0 aliphatic rings. The first-order chi connectivity index (χ1) is 15.3. The van der Waals surface area contributed by atoms with E-state index in [1.54, 1.807) is 0 Å². The number of rotatable bonds is 9. The third-order valence-corrected chi connectivity index (χ3v) is 5.63. The van der Waals surface area contributed by atoms with E-state index in [9.17, 15) is 9.59 Å². The maximum Gasteiger partial charge on any atom is 0.272 e. The summed E-state index contributed by atoms with van der Waals surface area (Å²) in [6.45, 7) is 5.63. The maximum absolute atomic E-state index is 12.9. The fraction of sp³-hybridized carbons (Fsp3) is 0.364. The molecule has 170 valence electrons. The molecule has 10 heteroatoms. The molecule has 2 heterocycles.